The predicted octanol–water partition coefficient (Wildman–Crippen LogP) is 6.13. The zero-order chi connectivity index (χ0) is 26.9. The average Bonchev–Trinajstić information content (AvgIpc) is 3.56. The molecule has 39 heavy (non-hydrogen) atoms. The van der Waals surface area contributed by atoms with Gasteiger partial charge in [-0.1, -0.05) is 60.3 Å². The van der Waals surface area contributed by atoms with Crippen LogP contribution < -0.4 is 15.4 Å². The van der Waals surface area contributed by atoms with Gasteiger partial charge in [0.25, 0.3) is 5.91 Å². The number of hydrogen-bond donors (Lipinski definition) is 3. The van der Waals surface area contributed by atoms with Gasteiger partial charge in [0, 0.05) is 34.1 Å². The molecule has 3 aromatic carbocycles. The molecule has 3 N–H and O–H groups in total. The maximum absolute atomic E-state index is 14.2. The highest BCUT2D eigenvalue weighted by Gasteiger charge is 2.36. The third-order valence-corrected chi connectivity index (χ3v) is 7.55. The van der Waals surface area contributed by atoms with Crippen LogP contribution in [0, 0.1) is 5.82 Å². The number of allylic oxidation sites excluding steroid dienone is 1. The SMILES string of the molecule is COc1ccccc1NC(=O)C1=C(C)Nc2nc(SCc3ccccc3F)nn2C1c1c[nH]c2ccccc12. The van der Waals surface area contributed by atoms with Gasteiger partial charge in [0.05, 0.1) is 18.4 Å². The summed E-state index contributed by atoms with van der Waals surface area (Å²) in [7, 11) is 1.56. The van der Waals surface area contributed by atoms with Crippen LogP contribution in [0.2, 0.25) is 0 Å². The van der Waals surface area contributed by atoms with Crippen LogP contribution in [0.4, 0.5) is 16.0 Å². The number of nitrogens with one attached hydrogen (secondary N) is 3. The number of hydrogen-bond acceptors (Lipinski definition) is 6. The van der Waals surface area contributed by atoms with E-state index in [9.17, 15) is 9.18 Å². The van der Waals surface area contributed by atoms with Gasteiger partial charge in [-0.25, -0.2) is 9.07 Å². The number of para-hydroxylation sites is 3. The molecule has 0 saturated heterocycles. The standard InChI is InChI=1S/C29H25FN6O2S/c1-17-25(27(37)33-23-13-7-8-14-24(23)38-2)26(20-15-31-22-12-6-4-10-19(20)22)36-28(32-17)34-29(35-36)39-16-18-9-3-5-11-21(18)30/h3-15,26,31H,16H2,1-2H3,(H,33,37)(H,32,34,35). The van der Waals surface area contributed by atoms with Crippen molar-refractivity contribution >= 4 is 40.2 Å². The zero-order valence-corrected chi connectivity index (χ0v) is 22.1. The fraction of sp³-hybridized carbons (Fsp3) is 0.138. The minimum atomic E-state index is -0.567. The largest absolute Gasteiger partial charge is 0.495 e. The van der Waals surface area contributed by atoms with E-state index in [0.29, 0.717) is 45.1 Å². The van der Waals surface area contributed by atoms with Crippen molar-refractivity contribution in [2.24, 2.45) is 0 Å². The van der Waals surface area contributed by atoms with Crippen LogP contribution in [-0.4, -0.2) is 32.8 Å². The number of fused-ring (bicyclic) bond motifs is 2. The summed E-state index contributed by atoms with van der Waals surface area (Å²) in [6.45, 7) is 1.85. The van der Waals surface area contributed by atoms with Gasteiger partial charge in [0.2, 0.25) is 11.1 Å². The number of thioether (sulfide) groups is 1. The molecule has 3 heterocycles. The van der Waals surface area contributed by atoms with E-state index in [1.165, 1.54) is 17.8 Å². The van der Waals surface area contributed by atoms with E-state index in [1.54, 1.807) is 42.1 Å². The minimum Gasteiger partial charge on any atom is -0.495 e. The Hall–Kier alpha value is -4.57. The summed E-state index contributed by atoms with van der Waals surface area (Å²) >= 11 is 1.34. The van der Waals surface area contributed by atoms with Gasteiger partial charge >= 0.3 is 0 Å². The molecule has 0 saturated carbocycles. The van der Waals surface area contributed by atoms with Crippen LogP contribution in [0.1, 0.15) is 24.1 Å². The first-order chi connectivity index (χ1) is 19.0. The molecule has 1 unspecified atom stereocenters. The van der Waals surface area contributed by atoms with Crippen molar-refractivity contribution in [3.05, 3.63) is 107 Å². The molecule has 0 spiro atoms. The summed E-state index contributed by atoms with van der Waals surface area (Å²) in [4.78, 5) is 21.9. The topological polar surface area (TPSA) is 96.9 Å². The van der Waals surface area contributed by atoms with E-state index in [4.69, 9.17) is 9.84 Å². The lowest BCUT2D eigenvalue weighted by atomic mass is 9.94. The number of H-pyrrole nitrogens is 1. The van der Waals surface area contributed by atoms with Crippen molar-refractivity contribution in [1.29, 1.82) is 0 Å². The van der Waals surface area contributed by atoms with Gasteiger partial charge in [-0.05, 0) is 36.8 Å². The Bertz CT molecular complexity index is 1730. The number of methoxy groups -OCH3 is 1. The molecule has 10 heteroatoms. The van der Waals surface area contributed by atoms with Gasteiger partial charge in [-0.15, -0.1) is 5.10 Å². The van der Waals surface area contributed by atoms with E-state index < -0.39 is 6.04 Å². The summed E-state index contributed by atoms with van der Waals surface area (Å²) in [5.74, 6) is 0.886. The van der Waals surface area contributed by atoms with Crippen molar-refractivity contribution < 1.29 is 13.9 Å². The van der Waals surface area contributed by atoms with Crippen molar-refractivity contribution in [3.8, 4) is 5.75 Å². The normalized spacial score (nSPS) is 14.7. The number of amides is 1. The Balaban J connectivity index is 1.40. The van der Waals surface area contributed by atoms with Crippen LogP contribution in [-0.2, 0) is 10.5 Å². The Labute approximate surface area is 228 Å². The quantitative estimate of drug-likeness (QED) is 0.215. The second kappa shape index (κ2) is 10.3. The van der Waals surface area contributed by atoms with E-state index in [1.807, 2.05) is 49.5 Å². The molecule has 0 fully saturated rings. The van der Waals surface area contributed by atoms with E-state index >= 15 is 0 Å². The molecule has 6 rings (SSSR count). The molecular weight excluding hydrogens is 515 g/mol. The van der Waals surface area contributed by atoms with Gasteiger partial charge in [-0.2, -0.15) is 4.98 Å². The molecule has 5 aromatic rings. The van der Waals surface area contributed by atoms with Gasteiger partial charge < -0.3 is 20.4 Å². The second-order valence-electron chi connectivity index (χ2n) is 9.05. The smallest absolute Gasteiger partial charge is 0.255 e. The predicted molar refractivity (Wildman–Crippen MR) is 150 cm³/mol. The molecule has 0 radical (unpaired) electrons. The number of aromatic amines is 1. The van der Waals surface area contributed by atoms with Crippen LogP contribution in [0.25, 0.3) is 10.9 Å². The van der Waals surface area contributed by atoms with E-state index in [2.05, 4.69) is 20.6 Å². The van der Waals surface area contributed by atoms with Crippen molar-refractivity contribution in [2.45, 2.75) is 23.9 Å². The maximum atomic E-state index is 14.2. The first-order valence-electron chi connectivity index (χ1n) is 12.3. The Kier molecular flexibility index (Phi) is 6.54. The number of benzene rings is 3. The lowest BCUT2D eigenvalue weighted by Crippen LogP contribution is -2.31. The van der Waals surface area contributed by atoms with Crippen molar-refractivity contribution in [2.75, 3.05) is 17.7 Å². The summed E-state index contributed by atoms with van der Waals surface area (Å²) in [5.41, 5.74) is 4.12. The monoisotopic (exact) mass is 540 g/mol. The van der Waals surface area contributed by atoms with E-state index in [0.717, 1.165) is 16.5 Å². The van der Waals surface area contributed by atoms with Gasteiger partial charge in [0.15, 0.2) is 0 Å². The number of carbonyl (C=O) groups is 1. The molecule has 0 bridgehead atoms. The first-order valence-corrected chi connectivity index (χ1v) is 13.3. The lowest BCUT2D eigenvalue weighted by molar-refractivity contribution is -0.113. The Morgan fingerprint density at radius 3 is 2.72 bits per heavy atom. The number of rotatable bonds is 7. The summed E-state index contributed by atoms with van der Waals surface area (Å²) in [6.07, 6.45) is 1.90. The van der Waals surface area contributed by atoms with E-state index in [-0.39, 0.29) is 11.7 Å². The van der Waals surface area contributed by atoms with Crippen LogP contribution in [0.5, 0.6) is 5.75 Å². The molecule has 8 nitrogen and oxygen atoms in total. The zero-order valence-electron chi connectivity index (χ0n) is 21.2. The fourth-order valence-electron chi connectivity index (χ4n) is 4.79. The minimum absolute atomic E-state index is 0.267. The highest BCUT2D eigenvalue weighted by molar-refractivity contribution is 7.98. The molecule has 1 amide bonds. The Morgan fingerprint density at radius 2 is 1.87 bits per heavy atom. The van der Waals surface area contributed by atoms with Crippen LogP contribution >= 0.6 is 11.8 Å². The molecular formula is C29H25FN6O2S. The number of ether oxygens (including phenoxy) is 1. The summed E-state index contributed by atoms with van der Waals surface area (Å²) < 4.78 is 21.4. The summed E-state index contributed by atoms with van der Waals surface area (Å²) in [5, 5.41) is 12.5. The molecule has 2 aromatic heterocycles. The third kappa shape index (κ3) is 4.63. The van der Waals surface area contributed by atoms with Crippen molar-refractivity contribution in [1.82, 2.24) is 19.7 Å². The summed E-state index contributed by atoms with van der Waals surface area (Å²) in [6, 6.07) is 21.3. The average molecular weight is 541 g/mol. The number of aromatic nitrogens is 4. The molecule has 1 aliphatic rings. The molecule has 1 aliphatic heterocycles. The highest BCUT2D eigenvalue weighted by Crippen LogP contribution is 2.40. The lowest BCUT2D eigenvalue weighted by Gasteiger charge is -2.28. The van der Waals surface area contributed by atoms with Crippen molar-refractivity contribution in [3.63, 3.8) is 0 Å². The second-order valence-corrected chi connectivity index (χ2v) is 10.00. The van der Waals surface area contributed by atoms with Gasteiger partial charge in [0.1, 0.15) is 17.6 Å². The Morgan fingerprint density at radius 1 is 1.10 bits per heavy atom. The van der Waals surface area contributed by atoms with Gasteiger partial charge in [-0.3, -0.25) is 4.79 Å². The van der Waals surface area contributed by atoms with Crippen LogP contribution in [0.15, 0.2) is 95.4 Å². The molecule has 0 aliphatic carbocycles. The maximum Gasteiger partial charge on any atom is 0.255 e. The number of carbonyl (C=O) groups excluding carboxylic acids is 1. The van der Waals surface area contributed by atoms with Crippen LogP contribution in [0.3, 0.4) is 0 Å². The first kappa shape index (κ1) is 24.7. The molecule has 1 atom stereocenters. The highest BCUT2D eigenvalue weighted by atomic mass is 32.2. The number of halogens is 1. The number of nitrogens with zero attached hydrogens (tertiary/aromatic N) is 3. The molecule has 196 valence electrons. The third-order valence-electron chi connectivity index (χ3n) is 6.66. The fourth-order valence-corrected chi connectivity index (χ4v) is 5.61. The number of anilines is 2.